The van der Waals surface area contributed by atoms with Crippen LogP contribution < -0.4 is 5.32 Å². The van der Waals surface area contributed by atoms with Crippen molar-refractivity contribution in [1.82, 2.24) is 5.32 Å². The van der Waals surface area contributed by atoms with Gasteiger partial charge in [0.15, 0.2) is 0 Å². The van der Waals surface area contributed by atoms with Gasteiger partial charge in [-0.1, -0.05) is 36.4 Å². The summed E-state index contributed by atoms with van der Waals surface area (Å²) >= 11 is 0. The van der Waals surface area contributed by atoms with Gasteiger partial charge in [-0.3, -0.25) is 0 Å². The Balaban J connectivity index is 2.43. The molecule has 1 N–H and O–H groups in total. The fourth-order valence-corrected chi connectivity index (χ4v) is 1.76. The minimum Gasteiger partial charge on any atom is -0.467 e. The average Bonchev–Trinajstić information content (AvgIpc) is 2.52. The first-order valence-electron chi connectivity index (χ1n) is 6.83. The van der Waals surface area contributed by atoms with Crippen LogP contribution in [0.2, 0.25) is 0 Å². The quantitative estimate of drug-likeness (QED) is 0.454. The summed E-state index contributed by atoms with van der Waals surface area (Å²) in [5.41, 5.74) is 0.883. The SMILES string of the molecule is C=CCCCC(NC(=O)OCc1ccccc1)C(=O)OC. The Kier molecular flexibility index (Phi) is 7.64. The summed E-state index contributed by atoms with van der Waals surface area (Å²) in [5, 5.41) is 2.53. The summed E-state index contributed by atoms with van der Waals surface area (Å²) in [7, 11) is 1.29. The number of methoxy groups -OCH3 is 1. The van der Waals surface area contributed by atoms with Crippen molar-refractivity contribution < 1.29 is 19.1 Å². The zero-order valence-electron chi connectivity index (χ0n) is 12.2. The maximum atomic E-state index is 11.7. The summed E-state index contributed by atoms with van der Waals surface area (Å²) in [4.78, 5) is 23.3. The number of hydrogen-bond acceptors (Lipinski definition) is 4. The van der Waals surface area contributed by atoms with Crippen molar-refractivity contribution in [2.24, 2.45) is 0 Å². The van der Waals surface area contributed by atoms with E-state index in [1.807, 2.05) is 30.3 Å². The molecule has 1 aromatic carbocycles. The molecule has 0 saturated carbocycles. The van der Waals surface area contributed by atoms with Crippen molar-refractivity contribution in [3.05, 3.63) is 48.6 Å². The largest absolute Gasteiger partial charge is 0.467 e. The van der Waals surface area contributed by atoms with Gasteiger partial charge in [0.25, 0.3) is 0 Å². The van der Waals surface area contributed by atoms with E-state index >= 15 is 0 Å². The van der Waals surface area contributed by atoms with Gasteiger partial charge >= 0.3 is 12.1 Å². The van der Waals surface area contributed by atoms with Crippen LogP contribution in [0.4, 0.5) is 4.79 Å². The lowest BCUT2D eigenvalue weighted by Gasteiger charge is -2.16. The zero-order chi connectivity index (χ0) is 15.5. The lowest BCUT2D eigenvalue weighted by molar-refractivity contribution is -0.143. The third-order valence-corrected chi connectivity index (χ3v) is 2.89. The van der Waals surface area contributed by atoms with Crippen molar-refractivity contribution in [3.8, 4) is 0 Å². The van der Waals surface area contributed by atoms with Crippen molar-refractivity contribution in [1.29, 1.82) is 0 Å². The topological polar surface area (TPSA) is 64.6 Å². The fraction of sp³-hybridized carbons (Fsp3) is 0.375. The van der Waals surface area contributed by atoms with Crippen LogP contribution in [0.25, 0.3) is 0 Å². The number of unbranched alkanes of at least 4 members (excludes halogenated alkanes) is 1. The lowest BCUT2D eigenvalue weighted by atomic mass is 10.1. The normalized spacial score (nSPS) is 11.3. The van der Waals surface area contributed by atoms with Gasteiger partial charge in [-0.2, -0.15) is 0 Å². The molecule has 1 unspecified atom stereocenters. The number of hydrogen-bond donors (Lipinski definition) is 1. The lowest BCUT2D eigenvalue weighted by Crippen LogP contribution is -2.41. The second kappa shape index (κ2) is 9.58. The Morgan fingerprint density at radius 1 is 1.33 bits per heavy atom. The molecule has 0 heterocycles. The molecule has 0 aliphatic heterocycles. The molecular weight excluding hydrogens is 270 g/mol. The molecule has 0 aromatic heterocycles. The number of esters is 1. The molecule has 1 atom stereocenters. The van der Waals surface area contributed by atoms with Gasteiger partial charge in [0.05, 0.1) is 7.11 Å². The molecule has 0 radical (unpaired) electrons. The van der Waals surface area contributed by atoms with E-state index in [4.69, 9.17) is 4.74 Å². The third-order valence-electron chi connectivity index (χ3n) is 2.89. The van der Waals surface area contributed by atoms with Gasteiger partial charge in [-0.05, 0) is 24.8 Å². The smallest absolute Gasteiger partial charge is 0.408 e. The number of amides is 1. The van der Waals surface area contributed by atoms with Crippen LogP contribution in [0, 0.1) is 0 Å². The number of nitrogens with one attached hydrogen (secondary N) is 1. The zero-order valence-corrected chi connectivity index (χ0v) is 12.2. The van der Waals surface area contributed by atoms with Crippen LogP contribution in [0.1, 0.15) is 24.8 Å². The molecule has 114 valence electrons. The maximum absolute atomic E-state index is 11.7. The molecule has 5 nitrogen and oxygen atoms in total. The molecule has 1 rings (SSSR count). The Bertz CT molecular complexity index is 459. The molecule has 0 spiro atoms. The molecular formula is C16H21NO4. The third kappa shape index (κ3) is 6.61. The summed E-state index contributed by atoms with van der Waals surface area (Å²) in [6.07, 6.45) is 3.13. The maximum Gasteiger partial charge on any atom is 0.408 e. The molecule has 0 aliphatic carbocycles. The van der Waals surface area contributed by atoms with Gasteiger partial charge in [-0.15, -0.1) is 6.58 Å². The van der Waals surface area contributed by atoms with Crippen LogP contribution >= 0.6 is 0 Å². The number of allylic oxidation sites excluding steroid dienone is 1. The number of carbonyl (C=O) groups is 2. The van der Waals surface area contributed by atoms with E-state index in [0.29, 0.717) is 6.42 Å². The number of rotatable bonds is 8. The van der Waals surface area contributed by atoms with Crippen molar-refractivity contribution in [2.45, 2.75) is 31.9 Å². The Morgan fingerprint density at radius 2 is 2.05 bits per heavy atom. The van der Waals surface area contributed by atoms with E-state index in [1.165, 1.54) is 7.11 Å². The van der Waals surface area contributed by atoms with Gasteiger partial charge in [-0.25, -0.2) is 9.59 Å². The van der Waals surface area contributed by atoms with Crippen molar-refractivity contribution in [2.75, 3.05) is 7.11 Å². The highest BCUT2D eigenvalue weighted by atomic mass is 16.6. The molecule has 0 bridgehead atoms. The number of alkyl carbamates (subject to hydrolysis) is 1. The highest BCUT2D eigenvalue weighted by molar-refractivity contribution is 5.81. The van der Waals surface area contributed by atoms with Crippen LogP contribution in [0.5, 0.6) is 0 Å². The first-order valence-corrected chi connectivity index (χ1v) is 6.83. The highest BCUT2D eigenvalue weighted by Crippen LogP contribution is 2.05. The van der Waals surface area contributed by atoms with E-state index in [9.17, 15) is 9.59 Å². The van der Waals surface area contributed by atoms with Gasteiger partial charge in [0.2, 0.25) is 0 Å². The van der Waals surface area contributed by atoms with E-state index in [-0.39, 0.29) is 6.61 Å². The van der Waals surface area contributed by atoms with E-state index in [1.54, 1.807) is 6.08 Å². The molecule has 1 aromatic rings. The summed E-state index contributed by atoms with van der Waals surface area (Å²) < 4.78 is 9.75. The number of ether oxygens (including phenoxy) is 2. The minimum absolute atomic E-state index is 0.160. The first-order chi connectivity index (χ1) is 10.2. The van der Waals surface area contributed by atoms with Crippen LogP contribution in [0.3, 0.4) is 0 Å². The fourth-order valence-electron chi connectivity index (χ4n) is 1.76. The number of carbonyl (C=O) groups excluding carboxylic acids is 2. The van der Waals surface area contributed by atoms with Gasteiger partial charge in [0.1, 0.15) is 12.6 Å². The van der Waals surface area contributed by atoms with Crippen molar-refractivity contribution >= 4 is 12.1 Å². The van der Waals surface area contributed by atoms with Gasteiger partial charge in [0, 0.05) is 0 Å². The van der Waals surface area contributed by atoms with Gasteiger partial charge < -0.3 is 14.8 Å². The predicted molar refractivity (Wildman–Crippen MR) is 79.6 cm³/mol. The van der Waals surface area contributed by atoms with E-state index < -0.39 is 18.1 Å². The monoisotopic (exact) mass is 291 g/mol. The minimum atomic E-state index is -0.696. The molecule has 0 saturated heterocycles. The standard InChI is InChI=1S/C16H21NO4/c1-3-4-6-11-14(15(18)20-2)17-16(19)21-12-13-9-7-5-8-10-13/h3,5,7-10,14H,1,4,6,11-12H2,2H3,(H,17,19). The van der Waals surface area contributed by atoms with Crippen LogP contribution in [0.15, 0.2) is 43.0 Å². The highest BCUT2D eigenvalue weighted by Gasteiger charge is 2.21. The van der Waals surface area contributed by atoms with Crippen LogP contribution in [-0.4, -0.2) is 25.2 Å². The molecule has 1 amide bonds. The summed E-state index contributed by atoms with van der Waals surface area (Å²) in [5.74, 6) is -0.476. The average molecular weight is 291 g/mol. The summed E-state index contributed by atoms with van der Waals surface area (Å²) in [6.45, 7) is 3.78. The second-order valence-electron chi connectivity index (χ2n) is 4.50. The van der Waals surface area contributed by atoms with Crippen molar-refractivity contribution in [3.63, 3.8) is 0 Å². The predicted octanol–water partition coefficient (Wildman–Crippen LogP) is 2.81. The van der Waals surface area contributed by atoms with E-state index in [0.717, 1.165) is 18.4 Å². The number of benzene rings is 1. The summed E-state index contributed by atoms with van der Waals surface area (Å²) in [6, 6.07) is 8.63. The Morgan fingerprint density at radius 3 is 2.67 bits per heavy atom. The molecule has 21 heavy (non-hydrogen) atoms. The van der Waals surface area contributed by atoms with Crippen LogP contribution in [-0.2, 0) is 20.9 Å². The Labute approximate surface area is 124 Å². The first kappa shape index (κ1) is 16.8. The van der Waals surface area contributed by atoms with E-state index in [2.05, 4.69) is 16.6 Å². The molecule has 0 aliphatic rings. The Hall–Kier alpha value is -2.30. The molecule has 0 fully saturated rings. The second-order valence-corrected chi connectivity index (χ2v) is 4.50. The molecule has 5 heteroatoms.